The summed E-state index contributed by atoms with van der Waals surface area (Å²) in [7, 11) is 0. The molecule has 3 fully saturated rings. The number of hydrogen-bond donors (Lipinski definition) is 12. The van der Waals surface area contributed by atoms with Crippen LogP contribution in [0.4, 0.5) is 0 Å². The van der Waals surface area contributed by atoms with Gasteiger partial charge in [-0.05, 0) is 25.1 Å². The van der Waals surface area contributed by atoms with Crippen molar-refractivity contribution in [1.29, 1.82) is 0 Å². The van der Waals surface area contributed by atoms with Crippen LogP contribution in [0.1, 0.15) is 6.92 Å². The number of aromatic hydroxyl groups is 2. The van der Waals surface area contributed by atoms with Gasteiger partial charge >= 0.3 is 0 Å². The topological polar surface area (TPSA) is 328 Å². The Kier molecular flexibility index (Phi) is 11.5. The molecule has 12 N–H and O–H groups in total. The third kappa shape index (κ3) is 7.65. The van der Waals surface area contributed by atoms with Crippen molar-refractivity contribution >= 4 is 11.0 Å². The van der Waals surface area contributed by atoms with Crippen LogP contribution in [0.5, 0.6) is 23.0 Å². The van der Waals surface area contributed by atoms with Crippen LogP contribution in [0.25, 0.3) is 22.3 Å². The molecule has 0 saturated carbocycles. The SMILES string of the molecule is CC1OC(OCC2OC(Oc3cc(O)c4c(=O)cc(-c5ccc(OC6OC(CO)C(O)C(O)C6O)c(O)c5)oc4c3)C(O)C(O)C2O)C(O)C(O)C1O. The predicted octanol–water partition coefficient (Wildman–Crippen LogP) is -3.92. The van der Waals surface area contributed by atoms with Crippen LogP contribution in [-0.2, 0) is 18.9 Å². The summed E-state index contributed by atoms with van der Waals surface area (Å²) in [6, 6.07) is 6.91. The summed E-state index contributed by atoms with van der Waals surface area (Å²) in [5.41, 5.74) is -0.814. The van der Waals surface area contributed by atoms with E-state index in [-0.39, 0.29) is 33.8 Å². The molecule has 0 aliphatic carbocycles. The first-order valence-electron chi connectivity index (χ1n) is 16.4. The lowest BCUT2D eigenvalue weighted by Crippen LogP contribution is -2.61. The number of rotatable bonds is 9. The van der Waals surface area contributed by atoms with E-state index < -0.39 is 122 Å². The number of benzene rings is 2. The van der Waals surface area contributed by atoms with Crippen LogP contribution in [0.2, 0.25) is 0 Å². The summed E-state index contributed by atoms with van der Waals surface area (Å²) in [5, 5.41) is 123. The van der Waals surface area contributed by atoms with E-state index in [1.807, 2.05) is 0 Å². The van der Waals surface area contributed by atoms with Gasteiger partial charge in [0.15, 0.2) is 23.2 Å². The molecule has 20 heteroatoms. The molecule has 0 bridgehead atoms. The predicted molar refractivity (Wildman–Crippen MR) is 171 cm³/mol. The Morgan fingerprint density at radius 3 is 1.91 bits per heavy atom. The van der Waals surface area contributed by atoms with Crippen LogP contribution in [0.3, 0.4) is 0 Å². The van der Waals surface area contributed by atoms with E-state index in [0.717, 1.165) is 24.3 Å². The number of fused-ring (bicyclic) bond motifs is 1. The number of aliphatic hydroxyl groups is 10. The highest BCUT2D eigenvalue weighted by atomic mass is 16.7. The first-order chi connectivity index (χ1) is 25.1. The molecule has 4 heterocycles. The van der Waals surface area contributed by atoms with Gasteiger partial charge in [-0.15, -0.1) is 0 Å². The van der Waals surface area contributed by atoms with E-state index in [4.69, 9.17) is 32.8 Å². The molecular weight excluding hydrogens is 716 g/mol. The summed E-state index contributed by atoms with van der Waals surface area (Å²) < 4.78 is 38.8. The van der Waals surface area contributed by atoms with Crippen molar-refractivity contribution in [2.75, 3.05) is 13.2 Å². The van der Waals surface area contributed by atoms with Crippen LogP contribution in [0.15, 0.2) is 45.6 Å². The highest BCUT2D eigenvalue weighted by Crippen LogP contribution is 2.37. The molecule has 3 saturated heterocycles. The molecule has 53 heavy (non-hydrogen) atoms. The Hall–Kier alpha value is -3.71. The molecule has 15 unspecified atom stereocenters. The maximum absolute atomic E-state index is 13.1. The van der Waals surface area contributed by atoms with Crippen molar-refractivity contribution < 1.29 is 94.1 Å². The first kappa shape index (κ1) is 39.0. The molecule has 2 aromatic carbocycles. The molecule has 1 aromatic heterocycles. The molecule has 6 rings (SSSR count). The fourth-order valence-corrected chi connectivity index (χ4v) is 6.14. The Labute approximate surface area is 298 Å². The Bertz CT molecular complexity index is 1800. The van der Waals surface area contributed by atoms with E-state index in [2.05, 4.69) is 0 Å². The maximum Gasteiger partial charge on any atom is 0.229 e. The van der Waals surface area contributed by atoms with Gasteiger partial charge in [0, 0.05) is 23.8 Å². The van der Waals surface area contributed by atoms with E-state index >= 15 is 0 Å². The minimum absolute atomic E-state index is 0.113. The highest BCUT2D eigenvalue weighted by molar-refractivity contribution is 5.86. The molecular formula is C33H40O20. The Morgan fingerprint density at radius 2 is 1.25 bits per heavy atom. The van der Waals surface area contributed by atoms with Gasteiger partial charge in [-0.3, -0.25) is 4.79 Å². The molecule has 0 radical (unpaired) electrons. The van der Waals surface area contributed by atoms with Gasteiger partial charge in [0.05, 0.1) is 19.3 Å². The van der Waals surface area contributed by atoms with Crippen molar-refractivity contribution in [3.63, 3.8) is 0 Å². The lowest BCUT2D eigenvalue weighted by Gasteiger charge is -2.42. The number of phenolic OH excluding ortho intramolecular Hbond substituents is 2. The summed E-state index contributed by atoms with van der Waals surface area (Å²) >= 11 is 0. The zero-order chi connectivity index (χ0) is 38.5. The van der Waals surface area contributed by atoms with E-state index in [0.29, 0.717) is 0 Å². The maximum atomic E-state index is 13.1. The molecule has 3 aromatic rings. The quantitative estimate of drug-likeness (QED) is 0.0992. The first-order valence-corrected chi connectivity index (χ1v) is 16.4. The van der Waals surface area contributed by atoms with Crippen molar-refractivity contribution in [2.45, 2.75) is 99.0 Å². The molecule has 0 amide bonds. The standard InChI is InChI=1S/C33H40O20/c1-10-22(38)25(41)28(44)31(48-10)47-9-20-24(40)27(43)29(45)32(53-20)49-12-5-14(36)21-15(37)7-17(50-18(21)6-12)11-2-3-16(13(35)4-11)51-33-30(46)26(42)23(39)19(8-34)52-33/h2-7,10,19-20,22-36,38-46H,8-9H2,1H3. The fraction of sp³-hybridized carbons (Fsp3) is 0.545. The zero-order valence-electron chi connectivity index (χ0n) is 27.7. The van der Waals surface area contributed by atoms with Crippen molar-refractivity contribution in [2.24, 2.45) is 0 Å². The summed E-state index contributed by atoms with van der Waals surface area (Å²) in [4.78, 5) is 13.1. The molecule has 292 valence electrons. The molecule has 20 nitrogen and oxygen atoms in total. The van der Waals surface area contributed by atoms with Gasteiger partial charge in [0.1, 0.15) is 95.4 Å². The second-order valence-corrected chi connectivity index (χ2v) is 12.9. The fourth-order valence-electron chi connectivity index (χ4n) is 6.14. The Morgan fingerprint density at radius 1 is 0.642 bits per heavy atom. The Balaban J connectivity index is 1.19. The summed E-state index contributed by atoms with van der Waals surface area (Å²) in [6.45, 7) is 0.180. The second kappa shape index (κ2) is 15.6. The monoisotopic (exact) mass is 756 g/mol. The molecule has 3 aliphatic heterocycles. The van der Waals surface area contributed by atoms with Crippen molar-refractivity contribution in [1.82, 2.24) is 0 Å². The van der Waals surface area contributed by atoms with Gasteiger partial charge in [0.25, 0.3) is 0 Å². The molecule has 15 atom stereocenters. The largest absolute Gasteiger partial charge is 0.507 e. The van der Waals surface area contributed by atoms with Gasteiger partial charge in [-0.25, -0.2) is 0 Å². The molecule has 3 aliphatic rings. The summed E-state index contributed by atoms with van der Waals surface area (Å²) in [5.74, 6) is -1.72. The van der Waals surface area contributed by atoms with E-state index in [9.17, 15) is 66.1 Å². The average Bonchev–Trinajstić information content (AvgIpc) is 3.12. The van der Waals surface area contributed by atoms with E-state index in [1.54, 1.807) is 0 Å². The smallest absolute Gasteiger partial charge is 0.229 e. The van der Waals surface area contributed by atoms with Gasteiger partial charge in [-0.1, -0.05) is 0 Å². The molecule has 0 spiro atoms. The highest BCUT2D eigenvalue weighted by Gasteiger charge is 2.48. The normalized spacial score (nSPS) is 37.8. The van der Waals surface area contributed by atoms with Crippen molar-refractivity contribution in [3.8, 4) is 34.3 Å². The second-order valence-electron chi connectivity index (χ2n) is 12.9. The van der Waals surface area contributed by atoms with Gasteiger partial charge in [0.2, 0.25) is 12.6 Å². The number of ether oxygens (including phenoxy) is 6. The lowest BCUT2D eigenvalue weighted by molar-refractivity contribution is -0.318. The van der Waals surface area contributed by atoms with E-state index in [1.165, 1.54) is 19.1 Å². The minimum Gasteiger partial charge on any atom is -0.507 e. The van der Waals surface area contributed by atoms with Crippen LogP contribution in [-0.4, -0.2) is 167 Å². The number of phenols is 2. The van der Waals surface area contributed by atoms with Gasteiger partial charge < -0.3 is 94.1 Å². The van der Waals surface area contributed by atoms with Crippen LogP contribution < -0.4 is 14.9 Å². The number of hydrogen-bond acceptors (Lipinski definition) is 20. The van der Waals surface area contributed by atoms with Crippen LogP contribution in [0, 0.1) is 0 Å². The third-order valence-electron chi connectivity index (χ3n) is 9.27. The van der Waals surface area contributed by atoms with Crippen LogP contribution >= 0.6 is 0 Å². The zero-order valence-corrected chi connectivity index (χ0v) is 27.7. The minimum atomic E-state index is -1.85. The average molecular weight is 757 g/mol. The van der Waals surface area contributed by atoms with Crippen molar-refractivity contribution in [3.05, 3.63) is 46.6 Å². The van der Waals surface area contributed by atoms with Gasteiger partial charge in [-0.2, -0.15) is 0 Å². The lowest BCUT2D eigenvalue weighted by atomic mass is 9.98. The third-order valence-corrected chi connectivity index (χ3v) is 9.27. The summed E-state index contributed by atoms with van der Waals surface area (Å²) in [6.07, 6.45) is -23.5. The number of aliphatic hydroxyl groups excluding tert-OH is 10.